The SMILES string of the molecule is O=C(CCn1ccnn1)Nc1ccc(C#CCO)c(F)c1. The fourth-order valence-electron chi connectivity index (χ4n) is 1.62. The molecular weight excluding hydrogens is 275 g/mol. The first-order chi connectivity index (χ1) is 10.2. The number of rotatable bonds is 4. The Kier molecular flexibility index (Phi) is 5.01. The molecule has 0 radical (unpaired) electrons. The minimum absolute atomic E-state index is 0.171. The number of anilines is 1. The predicted molar refractivity (Wildman–Crippen MR) is 73.6 cm³/mol. The van der Waals surface area contributed by atoms with Crippen LogP contribution in [0.5, 0.6) is 0 Å². The lowest BCUT2D eigenvalue weighted by molar-refractivity contribution is -0.116. The third-order valence-corrected chi connectivity index (χ3v) is 2.59. The van der Waals surface area contributed by atoms with Gasteiger partial charge in [-0.15, -0.1) is 5.10 Å². The number of aliphatic hydroxyl groups excluding tert-OH is 1. The van der Waals surface area contributed by atoms with Crippen LogP contribution in [0.3, 0.4) is 0 Å². The molecule has 0 unspecified atom stereocenters. The Labute approximate surface area is 120 Å². The topological polar surface area (TPSA) is 80.0 Å². The summed E-state index contributed by atoms with van der Waals surface area (Å²) in [6.45, 7) is 0.0641. The Balaban J connectivity index is 1.93. The molecule has 6 nitrogen and oxygen atoms in total. The number of hydrogen-bond acceptors (Lipinski definition) is 4. The zero-order chi connectivity index (χ0) is 15.1. The summed E-state index contributed by atoms with van der Waals surface area (Å²) in [6, 6.07) is 4.19. The molecule has 0 spiro atoms. The highest BCUT2D eigenvalue weighted by Crippen LogP contribution is 2.14. The number of carbonyl (C=O) groups excluding carboxylic acids is 1. The van der Waals surface area contributed by atoms with Crippen molar-refractivity contribution in [3.63, 3.8) is 0 Å². The summed E-state index contributed by atoms with van der Waals surface area (Å²) in [5.74, 6) is 4.04. The summed E-state index contributed by atoms with van der Waals surface area (Å²) < 4.78 is 15.2. The second-order valence-corrected chi connectivity index (χ2v) is 4.12. The molecule has 0 aliphatic rings. The Bertz CT molecular complexity index is 674. The van der Waals surface area contributed by atoms with Crippen LogP contribution >= 0.6 is 0 Å². The second kappa shape index (κ2) is 7.17. The van der Waals surface area contributed by atoms with E-state index in [9.17, 15) is 9.18 Å². The summed E-state index contributed by atoms with van der Waals surface area (Å²) in [5, 5.41) is 18.5. The van der Waals surface area contributed by atoms with Crippen molar-refractivity contribution in [2.75, 3.05) is 11.9 Å². The number of aryl methyl sites for hydroxylation is 1. The van der Waals surface area contributed by atoms with E-state index in [1.807, 2.05) is 0 Å². The maximum absolute atomic E-state index is 13.7. The van der Waals surface area contributed by atoms with Gasteiger partial charge in [-0.05, 0) is 18.2 Å². The average Bonchev–Trinajstić information content (AvgIpc) is 2.98. The van der Waals surface area contributed by atoms with Crippen LogP contribution in [0, 0.1) is 17.7 Å². The fraction of sp³-hybridized carbons (Fsp3) is 0.214. The van der Waals surface area contributed by atoms with Crippen molar-refractivity contribution in [2.45, 2.75) is 13.0 Å². The van der Waals surface area contributed by atoms with Crippen molar-refractivity contribution < 1.29 is 14.3 Å². The third-order valence-electron chi connectivity index (χ3n) is 2.59. The van der Waals surface area contributed by atoms with E-state index >= 15 is 0 Å². The minimum Gasteiger partial charge on any atom is -0.384 e. The lowest BCUT2D eigenvalue weighted by Crippen LogP contribution is -2.15. The first-order valence-electron chi connectivity index (χ1n) is 6.22. The number of hydrogen-bond donors (Lipinski definition) is 2. The Morgan fingerprint density at radius 1 is 1.48 bits per heavy atom. The van der Waals surface area contributed by atoms with Crippen molar-refractivity contribution in [1.82, 2.24) is 15.0 Å². The van der Waals surface area contributed by atoms with E-state index in [1.165, 1.54) is 23.0 Å². The number of nitrogens with one attached hydrogen (secondary N) is 1. The van der Waals surface area contributed by atoms with Crippen LogP contribution < -0.4 is 5.32 Å². The molecular formula is C14H13FN4O2. The quantitative estimate of drug-likeness (QED) is 0.815. The van der Waals surface area contributed by atoms with Crippen LogP contribution in [0.4, 0.5) is 10.1 Å². The maximum atomic E-state index is 13.7. The van der Waals surface area contributed by atoms with E-state index < -0.39 is 5.82 Å². The molecule has 7 heteroatoms. The molecule has 0 atom stereocenters. The highest BCUT2D eigenvalue weighted by Gasteiger charge is 2.06. The van der Waals surface area contributed by atoms with Gasteiger partial charge < -0.3 is 10.4 Å². The van der Waals surface area contributed by atoms with Gasteiger partial charge in [0.25, 0.3) is 0 Å². The third kappa shape index (κ3) is 4.40. The first kappa shape index (κ1) is 14.7. The lowest BCUT2D eigenvalue weighted by atomic mass is 10.2. The average molecular weight is 288 g/mol. The zero-order valence-electron chi connectivity index (χ0n) is 11.1. The van der Waals surface area contributed by atoms with Crippen molar-refractivity contribution >= 4 is 11.6 Å². The van der Waals surface area contributed by atoms with E-state index in [4.69, 9.17) is 5.11 Å². The van der Waals surface area contributed by atoms with Crippen molar-refractivity contribution in [1.29, 1.82) is 0 Å². The minimum atomic E-state index is -0.551. The molecule has 2 aromatic rings. The number of aromatic nitrogens is 3. The van der Waals surface area contributed by atoms with E-state index in [2.05, 4.69) is 27.5 Å². The van der Waals surface area contributed by atoms with Gasteiger partial charge in [-0.3, -0.25) is 9.48 Å². The number of aliphatic hydroxyl groups is 1. The highest BCUT2D eigenvalue weighted by atomic mass is 19.1. The molecule has 2 N–H and O–H groups in total. The van der Waals surface area contributed by atoms with Crippen LogP contribution in [-0.2, 0) is 11.3 Å². The number of carbonyl (C=O) groups is 1. The number of nitrogens with zero attached hydrogens (tertiary/aromatic N) is 3. The molecule has 1 amide bonds. The van der Waals surface area contributed by atoms with Crippen molar-refractivity contribution in [3.05, 3.63) is 42.0 Å². The van der Waals surface area contributed by atoms with Crippen LogP contribution in [0.15, 0.2) is 30.6 Å². The Hall–Kier alpha value is -2.72. The molecule has 1 aromatic carbocycles. The number of halogens is 1. The van der Waals surface area contributed by atoms with Gasteiger partial charge in [0.05, 0.1) is 18.3 Å². The lowest BCUT2D eigenvalue weighted by Gasteiger charge is -2.06. The number of benzene rings is 1. The monoisotopic (exact) mass is 288 g/mol. The summed E-state index contributed by atoms with van der Waals surface area (Å²) in [5.41, 5.74) is 0.523. The van der Waals surface area contributed by atoms with Crippen LogP contribution in [0.1, 0.15) is 12.0 Å². The van der Waals surface area contributed by atoms with Crippen LogP contribution in [0.2, 0.25) is 0 Å². The predicted octanol–water partition coefficient (Wildman–Crippen LogP) is 0.790. The van der Waals surface area contributed by atoms with Gasteiger partial charge in [0.1, 0.15) is 12.4 Å². The molecule has 21 heavy (non-hydrogen) atoms. The standard InChI is InChI=1S/C14H13FN4O2/c15-13-10-12(4-3-11(13)2-1-9-20)17-14(21)5-7-19-8-6-16-18-19/h3-4,6,8,10,20H,5,7,9H2,(H,17,21). The molecule has 1 heterocycles. The van der Waals surface area contributed by atoms with E-state index in [-0.39, 0.29) is 24.5 Å². The zero-order valence-corrected chi connectivity index (χ0v) is 11.1. The largest absolute Gasteiger partial charge is 0.384 e. The molecule has 0 saturated carbocycles. The van der Waals surface area contributed by atoms with Gasteiger partial charge in [0, 0.05) is 18.3 Å². The van der Waals surface area contributed by atoms with E-state index in [0.717, 1.165) is 0 Å². The molecule has 108 valence electrons. The Morgan fingerprint density at radius 3 is 3.00 bits per heavy atom. The second-order valence-electron chi connectivity index (χ2n) is 4.12. The number of amides is 1. The smallest absolute Gasteiger partial charge is 0.226 e. The van der Waals surface area contributed by atoms with Gasteiger partial charge >= 0.3 is 0 Å². The molecule has 0 bridgehead atoms. The van der Waals surface area contributed by atoms with Gasteiger partial charge in [-0.2, -0.15) is 0 Å². The molecule has 2 rings (SSSR count). The summed E-state index contributed by atoms with van der Waals surface area (Å²) in [7, 11) is 0. The summed E-state index contributed by atoms with van der Waals surface area (Å²) in [4.78, 5) is 11.7. The summed E-state index contributed by atoms with van der Waals surface area (Å²) in [6.07, 6.45) is 3.39. The molecule has 0 fully saturated rings. The molecule has 0 saturated heterocycles. The van der Waals surface area contributed by atoms with E-state index in [1.54, 1.807) is 12.3 Å². The normalized spacial score (nSPS) is 9.81. The van der Waals surface area contributed by atoms with Crippen molar-refractivity contribution in [2.24, 2.45) is 0 Å². The highest BCUT2D eigenvalue weighted by molar-refractivity contribution is 5.90. The molecule has 1 aromatic heterocycles. The van der Waals surface area contributed by atoms with Crippen LogP contribution in [0.25, 0.3) is 0 Å². The van der Waals surface area contributed by atoms with E-state index in [0.29, 0.717) is 12.2 Å². The Morgan fingerprint density at radius 2 is 2.33 bits per heavy atom. The first-order valence-corrected chi connectivity index (χ1v) is 6.22. The van der Waals surface area contributed by atoms with Gasteiger partial charge in [-0.25, -0.2) is 4.39 Å². The molecule has 0 aliphatic heterocycles. The van der Waals surface area contributed by atoms with Crippen molar-refractivity contribution in [3.8, 4) is 11.8 Å². The summed E-state index contributed by atoms with van der Waals surface area (Å²) >= 11 is 0. The fourth-order valence-corrected chi connectivity index (χ4v) is 1.62. The maximum Gasteiger partial charge on any atom is 0.226 e. The van der Waals surface area contributed by atoms with Gasteiger partial charge in [0.2, 0.25) is 5.91 Å². The van der Waals surface area contributed by atoms with Crippen LogP contribution in [-0.4, -0.2) is 32.6 Å². The molecule has 0 aliphatic carbocycles. The van der Waals surface area contributed by atoms with Gasteiger partial charge in [-0.1, -0.05) is 17.1 Å². The van der Waals surface area contributed by atoms with Gasteiger partial charge in [0.15, 0.2) is 0 Å².